The predicted octanol–water partition coefficient (Wildman–Crippen LogP) is 3.16. The number of ketones is 1. The maximum atomic E-state index is 12.6. The SMILES string of the molecule is O=C1C[C@@H](c2cccs2)Cc2nc3nc(-c4ccncc4)nn3cc21. The number of aromatic nitrogens is 5. The smallest absolute Gasteiger partial charge is 0.252 e. The monoisotopic (exact) mass is 347 g/mol. The highest BCUT2D eigenvalue weighted by molar-refractivity contribution is 7.10. The summed E-state index contributed by atoms with van der Waals surface area (Å²) in [5.41, 5.74) is 2.35. The van der Waals surface area contributed by atoms with Gasteiger partial charge in [-0.1, -0.05) is 6.07 Å². The Morgan fingerprint density at radius 1 is 1.12 bits per heavy atom. The summed E-state index contributed by atoms with van der Waals surface area (Å²) in [6.45, 7) is 0. The van der Waals surface area contributed by atoms with Crippen molar-refractivity contribution in [3.8, 4) is 11.4 Å². The van der Waals surface area contributed by atoms with E-state index >= 15 is 0 Å². The van der Waals surface area contributed by atoms with Gasteiger partial charge in [0.2, 0.25) is 0 Å². The maximum absolute atomic E-state index is 12.6. The predicted molar refractivity (Wildman–Crippen MR) is 93.7 cm³/mol. The first-order chi connectivity index (χ1) is 12.3. The molecule has 0 aromatic carbocycles. The number of fused-ring (bicyclic) bond motifs is 2. The normalized spacial score (nSPS) is 17.0. The Morgan fingerprint density at radius 2 is 2.00 bits per heavy atom. The van der Waals surface area contributed by atoms with Crippen molar-refractivity contribution in [1.29, 1.82) is 0 Å². The van der Waals surface area contributed by atoms with Crippen LogP contribution in [0, 0.1) is 0 Å². The molecule has 0 spiro atoms. The van der Waals surface area contributed by atoms with Gasteiger partial charge < -0.3 is 0 Å². The number of carbonyl (C=O) groups is 1. The van der Waals surface area contributed by atoms with Crippen molar-refractivity contribution in [3.05, 3.63) is 64.4 Å². The first-order valence-electron chi connectivity index (χ1n) is 8.01. The molecule has 4 heterocycles. The zero-order valence-electron chi connectivity index (χ0n) is 13.2. The van der Waals surface area contributed by atoms with Crippen LogP contribution in [0.2, 0.25) is 0 Å². The fourth-order valence-electron chi connectivity index (χ4n) is 3.23. The molecule has 0 bridgehead atoms. The molecule has 0 aliphatic heterocycles. The van der Waals surface area contributed by atoms with Crippen LogP contribution < -0.4 is 0 Å². The molecule has 4 aromatic heterocycles. The van der Waals surface area contributed by atoms with Crippen LogP contribution in [0.3, 0.4) is 0 Å². The second-order valence-electron chi connectivity index (χ2n) is 6.06. The minimum absolute atomic E-state index is 0.120. The lowest BCUT2D eigenvalue weighted by molar-refractivity contribution is 0.0963. The minimum atomic E-state index is 0.120. The fourth-order valence-corrected chi connectivity index (χ4v) is 4.06. The van der Waals surface area contributed by atoms with Crippen molar-refractivity contribution in [3.63, 3.8) is 0 Å². The van der Waals surface area contributed by atoms with Crippen LogP contribution in [0.5, 0.6) is 0 Å². The second-order valence-corrected chi connectivity index (χ2v) is 7.04. The highest BCUT2D eigenvalue weighted by Crippen LogP contribution is 2.34. The summed E-state index contributed by atoms with van der Waals surface area (Å²) in [4.78, 5) is 27.0. The van der Waals surface area contributed by atoms with Crippen LogP contribution in [-0.4, -0.2) is 30.3 Å². The summed E-state index contributed by atoms with van der Waals surface area (Å²) in [5, 5.41) is 6.51. The van der Waals surface area contributed by atoms with Gasteiger partial charge in [-0.05, 0) is 30.0 Å². The second kappa shape index (κ2) is 5.56. The average Bonchev–Trinajstić information content (AvgIpc) is 3.30. The van der Waals surface area contributed by atoms with Gasteiger partial charge in [0.15, 0.2) is 11.6 Å². The summed E-state index contributed by atoms with van der Waals surface area (Å²) in [5.74, 6) is 1.43. The molecule has 0 saturated carbocycles. The molecule has 0 unspecified atom stereocenters. The summed E-state index contributed by atoms with van der Waals surface area (Å²) >= 11 is 1.69. The van der Waals surface area contributed by atoms with Gasteiger partial charge in [-0.3, -0.25) is 9.78 Å². The molecule has 6 nitrogen and oxygen atoms in total. The third kappa shape index (κ3) is 2.44. The molecule has 7 heteroatoms. The van der Waals surface area contributed by atoms with E-state index in [0.29, 0.717) is 23.6 Å². The van der Waals surface area contributed by atoms with E-state index in [2.05, 4.69) is 26.1 Å². The number of carbonyl (C=O) groups excluding carboxylic acids is 1. The summed E-state index contributed by atoms with van der Waals surface area (Å²) < 4.78 is 1.60. The molecule has 0 fully saturated rings. The lowest BCUT2D eigenvalue weighted by Crippen LogP contribution is -2.20. The Balaban J connectivity index is 1.59. The number of pyridine rings is 1. The van der Waals surface area contributed by atoms with Crippen molar-refractivity contribution in [2.45, 2.75) is 18.8 Å². The molecule has 5 rings (SSSR count). The minimum Gasteiger partial charge on any atom is -0.294 e. The van der Waals surface area contributed by atoms with E-state index in [1.807, 2.05) is 23.6 Å². The molecule has 1 atom stereocenters. The molecule has 122 valence electrons. The summed E-state index contributed by atoms with van der Waals surface area (Å²) in [7, 11) is 0. The van der Waals surface area contributed by atoms with Crippen molar-refractivity contribution < 1.29 is 4.79 Å². The Bertz CT molecular complexity index is 1070. The zero-order chi connectivity index (χ0) is 16.8. The number of rotatable bonds is 2. The van der Waals surface area contributed by atoms with Crippen LogP contribution in [-0.2, 0) is 6.42 Å². The number of hydrogen-bond donors (Lipinski definition) is 0. The first-order valence-corrected chi connectivity index (χ1v) is 8.89. The van der Waals surface area contributed by atoms with Crippen molar-refractivity contribution in [1.82, 2.24) is 24.6 Å². The third-order valence-electron chi connectivity index (χ3n) is 4.47. The largest absolute Gasteiger partial charge is 0.294 e. The molecule has 1 aliphatic carbocycles. The van der Waals surface area contributed by atoms with Gasteiger partial charge >= 0.3 is 0 Å². The number of Topliss-reactive ketones (excluding diaryl/α,β-unsaturated/α-hetero) is 1. The lowest BCUT2D eigenvalue weighted by Gasteiger charge is -2.21. The van der Waals surface area contributed by atoms with Crippen molar-refractivity contribution in [2.24, 2.45) is 0 Å². The molecular weight excluding hydrogens is 334 g/mol. The van der Waals surface area contributed by atoms with E-state index in [4.69, 9.17) is 0 Å². The van der Waals surface area contributed by atoms with Crippen molar-refractivity contribution in [2.75, 3.05) is 0 Å². The van der Waals surface area contributed by atoms with E-state index in [1.165, 1.54) is 4.88 Å². The topological polar surface area (TPSA) is 73.0 Å². The molecule has 0 saturated heterocycles. The first kappa shape index (κ1) is 14.4. The van der Waals surface area contributed by atoms with Gasteiger partial charge in [0, 0.05) is 41.4 Å². The van der Waals surface area contributed by atoms with Crippen LogP contribution >= 0.6 is 11.3 Å². The van der Waals surface area contributed by atoms with Gasteiger partial charge in [-0.15, -0.1) is 16.4 Å². The van der Waals surface area contributed by atoms with Gasteiger partial charge in [0.25, 0.3) is 5.78 Å². The number of thiophene rings is 1. The van der Waals surface area contributed by atoms with E-state index in [1.54, 1.807) is 34.4 Å². The Morgan fingerprint density at radius 3 is 2.80 bits per heavy atom. The molecule has 25 heavy (non-hydrogen) atoms. The van der Waals surface area contributed by atoms with Crippen LogP contribution in [0.1, 0.15) is 33.3 Å². The third-order valence-corrected chi connectivity index (χ3v) is 5.50. The van der Waals surface area contributed by atoms with Gasteiger partial charge in [0.1, 0.15) is 0 Å². The summed E-state index contributed by atoms with van der Waals surface area (Å²) in [6, 6.07) is 7.82. The number of nitrogens with zero attached hydrogens (tertiary/aromatic N) is 5. The Labute approximate surface area is 147 Å². The van der Waals surface area contributed by atoms with Gasteiger partial charge in [-0.25, -0.2) is 9.50 Å². The Kier molecular flexibility index (Phi) is 3.21. The maximum Gasteiger partial charge on any atom is 0.252 e. The molecule has 0 amide bonds. The number of hydrogen-bond acceptors (Lipinski definition) is 6. The Hall–Kier alpha value is -2.93. The summed E-state index contributed by atoms with van der Waals surface area (Å²) in [6.07, 6.45) is 6.45. The van der Waals surface area contributed by atoms with Crippen LogP contribution in [0.25, 0.3) is 17.2 Å². The van der Waals surface area contributed by atoms with Gasteiger partial charge in [-0.2, -0.15) is 4.98 Å². The highest BCUT2D eigenvalue weighted by Gasteiger charge is 2.29. The highest BCUT2D eigenvalue weighted by atomic mass is 32.1. The van der Waals surface area contributed by atoms with E-state index in [9.17, 15) is 4.79 Å². The average molecular weight is 347 g/mol. The van der Waals surface area contributed by atoms with Crippen LogP contribution in [0.15, 0.2) is 48.2 Å². The van der Waals surface area contributed by atoms with Crippen molar-refractivity contribution >= 4 is 22.9 Å². The molecule has 0 N–H and O–H groups in total. The quantitative estimate of drug-likeness (QED) is 0.557. The molecule has 1 aliphatic rings. The molecular formula is C18H13N5OS. The van der Waals surface area contributed by atoms with Crippen LogP contribution in [0.4, 0.5) is 0 Å². The van der Waals surface area contributed by atoms with E-state index in [-0.39, 0.29) is 11.7 Å². The van der Waals surface area contributed by atoms with Gasteiger partial charge in [0.05, 0.1) is 11.3 Å². The molecule has 0 radical (unpaired) electrons. The lowest BCUT2D eigenvalue weighted by atomic mass is 9.86. The van der Waals surface area contributed by atoms with E-state index < -0.39 is 0 Å². The van der Waals surface area contributed by atoms with E-state index in [0.717, 1.165) is 17.7 Å². The zero-order valence-corrected chi connectivity index (χ0v) is 14.0. The standard InChI is InChI=1S/C18H13N5OS/c24-15-9-12(16-2-1-7-25-16)8-14-13(15)10-23-18(20-14)21-17(22-23)11-3-5-19-6-4-11/h1-7,10,12H,8-9H2/t12-/m0/s1. The molecule has 4 aromatic rings. The fraction of sp³-hybridized carbons (Fsp3) is 0.167.